The zero-order valence-electron chi connectivity index (χ0n) is 13.6. The lowest BCUT2D eigenvalue weighted by Gasteiger charge is -2.05. The fraction of sp³-hybridized carbons (Fsp3) is 0.105. The van der Waals surface area contributed by atoms with Crippen LogP contribution in [0.4, 0.5) is 4.39 Å². The van der Waals surface area contributed by atoms with E-state index in [1.54, 1.807) is 18.3 Å². The van der Waals surface area contributed by atoms with Crippen LogP contribution in [0.2, 0.25) is 0 Å². The molecule has 2 aromatic carbocycles. The average Bonchev–Trinajstić information content (AvgIpc) is 3.32. The van der Waals surface area contributed by atoms with Gasteiger partial charge in [-0.15, -0.1) is 0 Å². The summed E-state index contributed by atoms with van der Waals surface area (Å²) in [5.74, 6) is 0.548. The van der Waals surface area contributed by atoms with Gasteiger partial charge in [0.15, 0.2) is 0 Å². The van der Waals surface area contributed by atoms with Gasteiger partial charge in [0.2, 0.25) is 5.82 Å². The van der Waals surface area contributed by atoms with Crippen molar-refractivity contribution >= 4 is 0 Å². The minimum Gasteiger partial charge on any atom is -0.334 e. The molecule has 0 saturated carbocycles. The predicted molar refractivity (Wildman–Crippen MR) is 92.0 cm³/mol. The van der Waals surface area contributed by atoms with Crippen molar-refractivity contribution in [3.05, 3.63) is 66.6 Å². The first-order chi connectivity index (χ1) is 12.2. The summed E-state index contributed by atoms with van der Waals surface area (Å²) in [6, 6.07) is 15.8. The zero-order chi connectivity index (χ0) is 17.2. The lowest BCUT2D eigenvalue weighted by Crippen LogP contribution is -1.98. The van der Waals surface area contributed by atoms with Gasteiger partial charge in [0.25, 0.3) is 5.89 Å². The summed E-state index contributed by atoms with van der Waals surface area (Å²) >= 11 is 0. The van der Waals surface area contributed by atoms with E-state index in [0.29, 0.717) is 17.3 Å². The van der Waals surface area contributed by atoms with E-state index in [9.17, 15) is 4.39 Å². The van der Waals surface area contributed by atoms with Gasteiger partial charge in [-0.1, -0.05) is 23.4 Å². The number of aryl methyl sites for hydroxylation is 1. The molecule has 0 spiro atoms. The van der Waals surface area contributed by atoms with Crippen LogP contribution in [0.5, 0.6) is 0 Å². The monoisotopic (exact) mass is 334 g/mol. The molecular formula is C19H15FN4O. The summed E-state index contributed by atoms with van der Waals surface area (Å²) in [5.41, 5.74) is 3.59. The molecule has 0 unspecified atom stereocenters. The first-order valence-electron chi connectivity index (χ1n) is 7.97. The molecule has 0 atom stereocenters. The van der Waals surface area contributed by atoms with E-state index in [2.05, 4.69) is 22.2 Å². The van der Waals surface area contributed by atoms with E-state index in [1.165, 1.54) is 12.1 Å². The van der Waals surface area contributed by atoms with Gasteiger partial charge in [0.05, 0.1) is 5.69 Å². The second-order valence-corrected chi connectivity index (χ2v) is 5.54. The van der Waals surface area contributed by atoms with Gasteiger partial charge >= 0.3 is 0 Å². The maximum atomic E-state index is 13.0. The molecule has 25 heavy (non-hydrogen) atoms. The normalized spacial score (nSPS) is 11.0. The Labute approximate surface area is 143 Å². The third-order valence-corrected chi connectivity index (χ3v) is 3.95. The van der Waals surface area contributed by atoms with E-state index in [0.717, 1.165) is 23.4 Å². The summed E-state index contributed by atoms with van der Waals surface area (Å²) in [7, 11) is 0. The summed E-state index contributed by atoms with van der Waals surface area (Å²) in [6.45, 7) is 2.85. The maximum Gasteiger partial charge on any atom is 0.258 e. The minimum absolute atomic E-state index is 0.302. The largest absolute Gasteiger partial charge is 0.334 e. The summed E-state index contributed by atoms with van der Waals surface area (Å²) in [4.78, 5) is 4.42. The van der Waals surface area contributed by atoms with Gasteiger partial charge in [0.1, 0.15) is 5.82 Å². The Morgan fingerprint density at radius 2 is 1.80 bits per heavy atom. The number of hydrogen-bond acceptors (Lipinski definition) is 4. The molecule has 0 aliphatic heterocycles. The predicted octanol–water partition coefficient (Wildman–Crippen LogP) is 4.43. The molecule has 0 aliphatic rings. The van der Waals surface area contributed by atoms with Gasteiger partial charge in [-0.3, -0.25) is 4.68 Å². The molecule has 5 nitrogen and oxygen atoms in total. The lowest BCUT2D eigenvalue weighted by molar-refractivity contribution is 0.432. The number of benzene rings is 2. The minimum atomic E-state index is -0.302. The molecule has 2 heterocycles. The van der Waals surface area contributed by atoms with Crippen LogP contribution >= 0.6 is 0 Å². The molecular weight excluding hydrogens is 319 g/mol. The van der Waals surface area contributed by atoms with E-state index in [4.69, 9.17) is 4.52 Å². The standard InChI is InChI=1S/C19H15FN4O/c1-2-24-17(10-11-21-24)14-4-3-5-15(12-14)18-22-19(25-23-18)13-6-8-16(20)9-7-13/h3-12H,2H2,1H3. The highest BCUT2D eigenvalue weighted by atomic mass is 19.1. The molecule has 4 rings (SSSR count). The third kappa shape index (κ3) is 2.94. The van der Waals surface area contributed by atoms with Crippen LogP contribution in [0.3, 0.4) is 0 Å². The van der Waals surface area contributed by atoms with Crippen LogP contribution in [0.25, 0.3) is 34.1 Å². The third-order valence-electron chi connectivity index (χ3n) is 3.95. The van der Waals surface area contributed by atoms with Crippen molar-refractivity contribution in [1.82, 2.24) is 19.9 Å². The van der Waals surface area contributed by atoms with E-state index in [1.807, 2.05) is 35.0 Å². The van der Waals surface area contributed by atoms with Crippen molar-refractivity contribution in [2.24, 2.45) is 0 Å². The van der Waals surface area contributed by atoms with Crippen LogP contribution in [-0.2, 0) is 6.54 Å². The topological polar surface area (TPSA) is 56.7 Å². The van der Waals surface area contributed by atoms with Crippen molar-refractivity contribution in [2.75, 3.05) is 0 Å². The van der Waals surface area contributed by atoms with Gasteiger partial charge in [-0.2, -0.15) is 10.1 Å². The number of hydrogen-bond donors (Lipinski definition) is 0. The molecule has 0 aliphatic carbocycles. The van der Waals surface area contributed by atoms with Crippen molar-refractivity contribution < 1.29 is 8.91 Å². The van der Waals surface area contributed by atoms with Crippen LogP contribution in [0.1, 0.15) is 6.92 Å². The number of rotatable bonds is 4. The Bertz CT molecular complexity index is 1000. The SMILES string of the molecule is CCn1nccc1-c1cccc(-c2noc(-c3ccc(F)cc3)n2)c1. The Morgan fingerprint density at radius 3 is 2.60 bits per heavy atom. The highest BCUT2D eigenvalue weighted by Crippen LogP contribution is 2.26. The summed E-state index contributed by atoms with van der Waals surface area (Å²) in [5, 5.41) is 8.35. The van der Waals surface area contributed by atoms with Crippen LogP contribution < -0.4 is 0 Å². The Hall–Kier alpha value is -3.28. The van der Waals surface area contributed by atoms with Crippen molar-refractivity contribution in [2.45, 2.75) is 13.5 Å². The van der Waals surface area contributed by atoms with Crippen LogP contribution in [0.15, 0.2) is 65.3 Å². The van der Waals surface area contributed by atoms with Gasteiger partial charge in [-0.25, -0.2) is 4.39 Å². The van der Waals surface area contributed by atoms with Gasteiger partial charge in [-0.05, 0) is 43.3 Å². The van der Waals surface area contributed by atoms with Crippen molar-refractivity contribution in [1.29, 1.82) is 0 Å². The Morgan fingerprint density at radius 1 is 1.00 bits per heavy atom. The first-order valence-corrected chi connectivity index (χ1v) is 7.97. The molecule has 0 fully saturated rings. The second-order valence-electron chi connectivity index (χ2n) is 5.54. The Kier molecular flexibility index (Phi) is 3.85. The smallest absolute Gasteiger partial charge is 0.258 e. The average molecular weight is 334 g/mol. The first kappa shape index (κ1) is 15.3. The number of nitrogens with zero attached hydrogens (tertiary/aromatic N) is 4. The fourth-order valence-electron chi connectivity index (χ4n) is 2.70. The van der Waals surface area contributed by atoms with Gasteiger partial charge in [0, 0.05) is 29.4 Å². The van der Waals surface area contributed by atoms with E-state index in [-0.39, 0.29) is 5.82 Å². The molecule has 4 aromatic rings. The highest BCUT2D eigenvalue weighted by molar-refractivity contribution is 5.68. The summed E-state index contributed by atoms with van der Waals surface area (Å²) < 4.78 is 20.3. The van der Waals surface area contributed by atoms with Gasteiger partial charge < -0.3 is 4.52 Å². The van der Waals surface area contributed by atoms with E-state index >= 15 is 0 Å². The highest BCUT2D eigenvalue weighted by Gasteiger charge is 2.12. The maximum absolute atomic E-state index is 13.0. The zero-order valence-corrected chi connectivity index (χ0v) is 13.6. The quantitative estimate of drug-likeness (QED) is 0.554. The van der Waals surface area contributed by atoms with Crippen molar-refractivity contribution in [3.8, 4) is 34.1 Å². The molecule has 2 aromatic heterocycles. The molecule has 0 saturated heterocycles. The molecule has 0 radical (unpaired) electrons. The van der Waals surface area contributed by atoms with Crippen LogP contribution in [-0.4, -0.2) is 19.9 Å². The number of aromatic nitrogens is 4. The Balaban J connectivity index is 1.69. The molecule has 124 valence electrons. The molecule has 0 N–H and O–H groups in total. The fourth-order valence-corrected chi connectivity index (χ4v) is 2.70. The second kappa shape index (κ2) is 6.32. The van der Waals surface area contributed by atoms with E-state index < -0.39 is 0 Å². The molecule has 6 heteroatoms. The lowest BCUT2D eigenvalue weighted by atomic mass is 10.1. The summed E-state index contributed by atoms with van der Waals surface area (Å²) in [6.07, 6.45) is 1.78. The van der Waals surface area contributed by atoms with Crippen molar-refractivity contribution in [3.63, 3.8) is 0 Å². The molecule has 0 bridgehead atoms. The molecule has 0 amide bonds. The van der Waals surface area contributed by atoms with Crippen LogP contribution in [0, 0.1) is 5.82 Å². The number of halogens is 1.